The van der Waals surface area contributed by atoms with Gasteiger partial charge >= 0.3 is 6.03 Å². The van der Waals surface area contributed by atoms with Crippen LogP contribution < -0.4 is 10.1 Å². The molecule has 0 spiro atoms. The Balaban J connectivity index is 1.39. The molecule has 0 radical (unpaired) electrons. The molecule has 226 valence electrons. The van der Waals surface area contributed by atoms with Crippen molar-refractivity contribution in [3.05, 3.63) is 95.1 Å². The second kappa shape index (κ2) is 13.1. The highest BCUT2D eigenvalue weighted by Gasteiger charge is 2.51. The van der Waals surface area contributed by atoms with Crippen LogP contribution in [0.5, 0.6) is 5.75 Å². The van der Waals surface area contributed by atoms with Crippen LogP contribution in [0.4, 0.5) is 19.3 Å². The predicted octanol–water partition coefficient (Wildman–Crippen LogP) is 3.34. The molecule has 2 aliphatic heterocycles. The second-order valence-electron chi connectivity index (χ2n) is 11.3. The first-order chi connectivity index (χ1) is 20.6. The van der Waals surface area contributed by atoms with Gasteiger partial charge in [-0.05, 0) is 68.2 Å². The van der Waals surface area contributed by atoms with Gasteiger partial charge in [0.1, 0.15) is 5.75 Å². The van der Waals surface area contributed by atoms with Gasteiger partial charge in [0, 0.05) is 48.9 Å². The van der Waals surface area contributed by atoms with Gasteiger partial charge in [-0.15, -0.1) is 0 Å². The maximum Gasteiger partial charge on any atom is 0.321 e. The molecule has 8 nitrogen and oxygen atoms in total. The van der Waals surface area contributed by atoms with E-state index < -0.39 is 23.8 Å². The molecule has 0 unspecified atom stereocenters. The minimum absolute atomic E-state index is 0.00645. The first-order valence-electron chi connectivity index (χ1n) is 14.2. The summed E-state index contributed by atoms with van der Waals surface area (Å²) in [7, 11) is 5.54. The van der Waals surface area contributed by atoms with E-state index in [9.17, 15) is 23.8 Å². The van der Waals surface area contributed by atoms with Crippen LogP contribution in [0, 0.1) is 23.5 Å². The van der Waals surface area contributed by atoms with Crippen molar-refractivity contribution in [2.45, 2.75) is 30.2 Å². The standard InChI is InChI=1S/C33H36F2N4O4/c1-37(2)17-27-31(22-10-7-21(8-11-22)9-12-23-5-4-6-26(34)32(23)35)28-18-38(19-29(40)30(41)20-39(27)28)33(42)36-24-13-15-25(43-3)16-14-24/h4-8,10-11,13-16,27-31,40-41H,17-20H2,1-3H3,(H,36,42)/t27-,28+,29+,30-,31+/m1/s1. The van der Waals surface area contributed by atoms with Crippen molar-refractivity contribution < 1.29 is 28.5 Å². The SMILES string of the molecule is COc1ccc(NC(=O)N2C[C@H](O)[C@H](O)CN3[C@H](CN(C)C)[C@H](c4ccc(C#Cc5cccc(F)c5F)cc4)[C@@H]3C2)cc1. The summed E-state index contributed by atoms with van der Waals surface area (Å²) in [5, 5.41) is 24.5. The second-order valence-corrected chi connectivity index (χ2v) is 11.3. The summed E-state index contributed by atoms with van der Waals surface area (Å²) >= 11 is 0. The number of carbonyl (C=O) groups excluding carboxylic acids is 1. The summed E-state index contributed by atoms with van der Waals surface area (Å²) in [4.78, 5) is 19.2. The fourth-order valence-electron chi connectivity index (χ4n) is 5.90. The average molecular weight is 591 g/mol. The van der Waals surface area contributed by atoms with Gasteiger partial charge in [0.25, 0.3) is 0 Å². The van der Waals surface area contributed by atoms with Crippen molar-refractivity contribution in [2.24, 2.45) is 0 Å². The number of β-amino-alcohol motifs (C(OH)–C–C–N with tert-alkyl or cyclic N) is 1. The van der Waals surface area contributed by atoms with Gasteiger partial charge in [-0.1, -0.05) is 30.0 Å². The molecular formula is C33H36F2N4O4. The summed E-state index contributed by atoms with van der Waals surface area (Å²) in [5.74, 6) is 4.41. The van der Waals surface area contributed by atoms with Crippen LogP contribution in [0.15, 0.2) is 66.7 Å². The van der Waals surface area contributed by atoms with E-state index in [1.807, 2.05) is 38.4 Å². The summed E-state index contributed by atoms with van der Waals surface area (Å²) in [6.07, 6.45) is -2.12. The number of methoxy groups -OCH3 is 1. The Labute approximate surface area is 250 Å². The lowest BCUT2D eigenvalue weighted by atomic mass is 9.73. The molecule has 0 aliphatic carbocycles. The summed E-state index contributed by atoms with van der Waals surface area (Å²) < 4.78 is 32.8. The number of nitrogens with one attached hydrogen (secondary N) is 1. The van der Waals surface area contributed by atoms with Crippen molar-refractivity contribution in [3.8, 4) is 17.6 Å². The molecule has 0 aromatic heterocycles. The lowest BCUT2D eigenvalue weighted by molar-refractivity contribution is -0.105. The molecule has 10 heteroatoms. The van der Waals surface area contributed by atoms with Crippen LogP contribution in [-0.2, 0) is 0 Å². The van der Waals surface area contributed by atoms with Crippen molar-refractivity contribution in [1.29, 1.82) is 0 Å². The fourth-order valence-corrected chi connectivity index (χ4v) is 5.90. The monoisotopic (exact) mass is 590 g/mol. The molecule has 3 aromatic rings. The number of nitrogens with zero attached hydrogens (tertiary/aromatic N) is 3. The molecule has 2 aliphatic rings. The minimum Gasteiger partial charge on any atom is -0.497 e. The molecule has 2 fully saturated rings. The van der Waals surface area contributed by atoms with Crippen molar-refractivity contribution >= 4 is 11.7 Å². The van der Waals surface area contributed by atoms with Crippen LogP contribution in [-0.4, -0.2) is 103 Å². The molecule has 43 heavy (non-hydrogen) atoms. The van der Waals surface area contributed by atoms with Crippen LogP contribution >= 0.6 is 0 Å². The van der Waals surface area contributed by atoms with Gasteiger partial charge in [-0.3, -0.25) is 4.90 Å². The zero-order valence-electron chi connectivity index (χ0n) is 24.4. The van der Waals surface area contributed by atoms with Gasteiger partial charge < -0.3 is 30.1 Å². The Hall–Kier alpha value is -4.01. The van der Waals surface area contributed by atoms with E-state index in [1.54, 1.807) is 36.3 Å². The zero-order valence-corrected chi connectivity index (χ0v) is 24.4. The molecule has 2 heterocycles. The van der Waals surface area contributed by atoms with E-state index >= 15 is 0 Å². The lowest BCUT2D eigenvalue weighted by Gasteiger charge is -2.59. The predicted molar refractivity (Wildman–Crippen MR) is 160 cm³/mol. The highest BCUT2D eigenvalue weighted by molar-refractivity contribution is 5.89. The zero-order chi connectivity index (χ0) is 30.7. The summed E-state index contributed by atoms with van der Waals surface area (Å²) in [5.41, 5.74) is 2.28. The van der Waals surface area contributed by atoms with Crippen LogP contribution in [0.25, 0.3) is 0 Å². The maximum absolute atomic E-state index is 14.0. The van der Waals surface area contributed by atoms with Gasteiger partial charge in [0.2, 0.25) is 0 Å². The molecular weight excluding hydrogens is 554 g/mol. The van der Waals surface area contributed by atoms with Crippen molar-refractivity contribution in [3.63, 3.8) is 0 Å². The number of benzene rings is 3. The van der Waals surface area contributed by atoms with E-state index in [0.29, 0.717) is 30.1 Å². The Morgan fingerprint density at radius 3 is 2.35 bits per heavy atom. The lowest BCUT2D eigenvalue weighted by Crippen LogP contribution is -2.71. The smallest absolute Gasteiger partial charge is 0.321 e. The number of carbonyl (C=O) groups is 1. The first kappa shape index (κ1) is 30.4. The van der Waals surface area contributed by atoms with Crippen LogP contribution in [0.3, 0.4) is 0 Å². The Kier molecular flexibility index (Phi) is 9.28. The van der Waals surface area contributed by atoms with Crippen LogP contribution in [0.2, 0.25) is 0 Å². The fraction of sp³-hybridized carbons (Fsp3) is 0.364. The Morgan fingerprint density at radius 2 is 1.67 bits per heavy atom. The highest BCUT2D eigenvalue weighted by atomic mass is 19.2. The third-order valence-corrected chi connectivity index (χ3v) is 8.11. The molecule has 5 rings (SSSR count). The Bertz CT molecular complexity index is 1490. The maximum atomic E-state index is 14.0. The molecule has 2 saturated heterocycles. The number of fused-ring (bicyclic) bond motifs is 1. The van der Waals surface area contributed by atoms with Gasteiger partial charge in [0.15, 0.2) is 11.6 Å². The number of hydrogen-bond donors (Lipinski definition) is 3. The van der Waals surface area contributed by atoms with E-state index in [0.717, 1.165) is 11.6 Å². The molecule has 3 aromatic carbocycles. The van der Waals surface area contributed by atoms with Gasteiger partial charge in [-0.25, -0.2) is 13.6 Å². The molecule has 2 amide bonds. The first-order valence-corrected chi connectivity index (χ1v) is 14.2. The average Bonchev–Trinajstić information content (AvgIpc) is 2.99. The molecule has 0 bridgehead atoms. The molecule has 5 atom stereocenters. The third kappa shape index (κ3) is 6.81. The number of aliphatic hydroxyl groups is 2. The number of rotatable bonds is 5. The van der Waals surface area contributed by atoms with Crippen LogP contribution in [0.1, 0.15) is 22.6 Å². The van der Waals surface area contributed by atoms with Crippen molar-refractivity contribution in [1.82, 2.24) is 14.7 Å². The van der Waals surface area contributed by atoms with E-state index in [2.05, 4.69) is 27.0 Å². The summed E-state index contributed by atoms with van der Waals surface area (Å²) in [6, 6.07) is 18.1. The Morgan fingerprint density at radius 1 is 0.977 bits per heavy atom. The van der Waals surface area contributed by atoms with E-state index in [4.69, 9.17) is 4.74 Å². The third-order valence-electron chi connectivity index (χ3n) is 8.11. The number of urea groups is 1. The number of anilines is 1. The summed E-state index contributed by atoms with van der Waals surface area (Å²) in [6.45, 7) is 1.34. The van der Waals surface area contributed by atoms with E-state index in [-0.39, 0.29) is 42.7 Å². The minimum atomic E-state index is -1.09. The van der Waals surface area contributed by atoms with Crippen molar-refractivity contribution in [2.75, 3.05) is 52.7 Å². The molecule has 0 saturated carbocycles. The quantitative estimate of drug-likeness (QED) is 0.396. The number of hydrogen-bond acceptors (Lipinski definition) is 6. The van der Waals surface area contributed by atoms with Gasteiger partial charge in [-0.2, -0.15) is 0 Å². The number of halogens is 2. The topological polar surface area (TPSA) is 88.5 Å². The number of likely N-dealkylation sites (N-methyl/N-ethyl adjacent to an activating group) is 1. The number of aliphatic hydroxyl groups excluding tert-OH is 2. The number of ether oxygens (including phenoxy) is 1. The van der Waals surface area contributed by atoms with E-state index in [1.165, 1.54) is 12.1 Å². The van der Waals surface area contributed by atoms with Gasteiger partial charge in [0.05, 0.1) is 31.4 Å². The molecule has 3 N–H and O–H groups in total. The largest absolute Gasteiger partial charge is 0.497 e. The normalized spacial score (nSPS) is 23.7. The highest BCUT2D eigenvalue weighted by Crippen LogP contribution is 2.42. The number of amides is 2.